The number of hydrazine groups is 1. The second-order valence-corrected chi connectivity index (χ2v) is 4.68. The van der Waals surface area contributed by atoms with E-state index in [0.29, 0.717) is 18.2 Å². The van der Waals surface area contributed by atoms with Crippen LogP contribution < -0.4 is 16.6 Å². The molecule has 0 aromatic carbocycles. The summed E-state index contributed by atoms with van der Waals surface area (Å²) < 4.78 is 5.56. The lowest BCUT2D eigenvalue weighted by Crippen LogP contribution is -2.16. The van der Waals surface area contributed by atoms with Gasteiger partial charge in [-0.05, 0) is 32.6 Å². The van der Waals surface area contributed by atoms with Crippen LogP contribution in [-0.2, 0) is 4.74 Å². The minimum Gasteiger partial charge on any atom is -0.379 e. The predicted molar refractivity (Wildman–Crippen MR) is 71.3 cm³/mol. The van der Waals surface area contributed by atoms with Crippen molar-refractivity contribution in [2.24, 2.45) is 11.8 Å². The van der Waals surface area contributed by atoms with Crippen molar-refractivity contribution in [3.8, 4) is 0 Å². The summed E-state index contributed by atoms with van der Waals surface area (Å²) >= 11 is 0. The molecule has 2 rings (SSSR count). The van der Waals surface area contributed by atoms with E-state index in [1.165, 1.54) is 12.8 Å². The molecule has 18 heavy (non-hydrogen) atoms. The Labute approximate surface area is 107 Å². The number of rotatable bonds is 7. The van der Waals surface area contributed by atoms with E-state index >= 15 is 0 Å². The summed E-state index contributed by atoms with van der Waals surface area (Å²) in [6.07, 6.45) is 2.65. The second-order valence-electron chi connectivity index (χ2n) is 4.68. The average Bonchev–Trinajstić information content (AvgIpc) is 3.16. The first kappa shape index (κ1) is 13.0. The van der Waals surface area contributed by atoms with E-state index in [-0.39, 0.29) is 0 Å². The quantitative estimate of drug-likeness (QED) is 0.384. The van der Waals surface area contributed by atoms with Gasteiger partial charge in [-0.2, -0.15) is 0 Å². The molecule has 0 atom stereocenters. The van der Waals surface area contributed by atoms with Crippen molar-refractivity contribution < 1.29 is 4.74 Å². The summed E-state index contributed by atoms with van der Waals surface area (Å²) in [6.45, 7) is 6.11. The van der Waals surface area contributed by atoms with E-state index in [9.17, 15) is 0 Å². The third kappa shape index (κ3) is 3.54. The Morgan fingerprint density at radius 3 is 2.67 bits per heavy atom. The van der Waals surface area contributed by atoms with Crippen LogP contribution in [0.2, 0.25) is 0 Å². The van der Waals surface area contributed by atoms with Crippen molar-refractivity contribution in [2.45, 2.75) is 26.7 Å². The van der Waals surface area contributed by atoms with Crippen LogP contribution >= 0.6 is 0 Å². The Morgan fingerprint density at radius 2 is 2.00 bits per heavy atom. The number of aryl methyl sites for hydroxylation is 1. The lowest BCUT2D eigenvalue weighted by Gasteiger charge is -2.12. The molecular weight excluding hydrogens is 230 g/mol. The van der Waals surface area contributed by atoms with Crippen LogP contribution in [0.4, 0.5) is 11.6 Å². The number of nitrogens with zero attached hydrogens (tertiary/aromatic N) is 2. The first-order chi connectivity index (χ1) is 8.70. The molecule has 0 spiro atoms. The van der Waals surface area contributed by atoms with Crippen molar-refractivity contribution in [2.75, 3.05) is 30.5 Å². The molecule has 1 heterocycles. The molecule has 0 bridgehead atoms. The molecule has 100 valence electrons. The van der Waals surface area contributed by atoms with Crippen LogP contribution in [0.3, 0.4) is 0 Å². The maximum absolute atomic E-state index is 5.56. The monoisotopic (exact) mass is 251 g/mol. The van der Waals surface area contributed by atoms with Gasteiger partial charge in [0.15, 0.2) is 0 Å². The van der Waals surface area contributed by atoms with Gasteiger partial charge in [0.05, 0.1) is 6.61 Å². The molecule has 1 saturated carbocycles. The molecular formula is C12H21N5O. The van der Waals surface area contributed by atoms with E-state index < -0.39 is 0 Å². The zero-order valence-corrected chi connectivity index (χ0v) is 11.0. The predicted octanol–water partition coefficient (Wildman–Crippen LogP) is 1.22. The third-order valence-corrected chi connectivity index (χ3v) is 2.98. The lowest BCUT2D eigenvalue weighted by atomic mass is 10.3. The van der Waals surface area contributed by atoms with Gasteiger partial charge in [0.2, 0.25) is 0 Å². The number of ether oxygens (including phenoxy) is 1. The van der Waals surface area contributed by atoms with E-state index in [0.717, 1.165) is 30.5 Å². The molecule has 0 unspecified atom stereocenters. The SMILES string of the molecule is Cc1nc(NN)c(C)c(NCCOCC2CC2)n1. The molecule has 1 aromatic rings. The highest BCUT2D eigenvalue weighted by Crippen LogP contribution is 2.28. The van der Waals surface area contributed by atoms with Crippen LogP contribution in [-0.4, -0.2) is 29.7 Å². The van der Waals surface area contributed by atoms with Crippen molar-refractivity contribution >= 4 is 11.6 Å². The summed E-state index contributed by atoms with van der Waals surface area (Å²) in [5, 5.41) is 3.25. The smallest absolute Gasteiger partial charge is 0.148 e. The number of nitrogens with one attached hydrogen (secondary N) is 2. The van der Waals surface area contributed by atoms with E-state index in [4.69, 9.17) is 10.6 Å². The fourth-order valence-corrected chi connectivity index (χ4v) is 1.72. The van der Waals surface area contributed by atoms with Gasteiger partial charge in [0.25, 0.3) is 0 Å². The molecule has 6 heteroatoms. The van der Waals surface area contributed by atoms with Crippen molar-refractivity contribution in [3.05, 3.63) is 11.4 Å². The molecule has 4 N–H and O–H groups in total. The Hall–Kier alpha value is -1.40. The van der Waals surface area contributed by atoms with Gasteiger partial charge in [-0.1, -0.05) is 0 Å². The van der Waals surface area contributed by atoms with Gasteiger partial charge in [0.1, 0.15) is 17.5 Å². The Bertz CT molecular complexity index is 406. The Kier molecular flexibility index (Phi) is 4.33. The first-order valence-electron chi connectivity index (χ1n) is 6.34. The van der Waals surface area contributed by atoms with Crippen LogP contribution in [0.1, 0.15) is 24.2 Å². The summed E-state index contributed by atoms with van der Waals surface area (Å²) in [7, 11) is 0. The maximum atomic E-state index is 5.56. The summed E-state index contributed by atoms with van der Waals surface area (Å²) in [4.78, 5) is 8.56. The van der Waals surface area contributed by atoms with E-state index in [1.54, 1.807) is 0 Å². The summed E-state index contributed by atoms with van der Waals surface area (Å²) in [5.41, 5.74) is 3.50. The maximum Gasteiger partial charge on any atom is 0.148 e. The number of hydrogen-bond acceptors (Lipinski definition) is 6. The molecule has 0 aliphatic heterocycles. The number of aromatic nitrogens is 2. The fourth-order valence-electron chi connectivity index (χ4n) is 1.72. The molecule has 6 nitrogen and oxygen atoms in total. The van der Waals surface area contributed by atoms with E-state index in [1.807, 2.05) is 13.8 Å². The third-order valence-electron chi connectivity index (χ3n) is 2.98. The largest absolute Gasteiger partial charge is 0.379 e. The minimum atomic E-state index is 0.656. The van der Waals surface area contributed by atoms with Crippen molar-refractivity contribution in [1.29, 1.82) is 0 Å². The zero-order chi connectivity index (χ0) is 13.0. The molecule has 1 aliphatic carbocycles. The summed E-state index contributed by atoms with van der Waals surface area (Å²) in [5.74, 6) is 8.38. The second kappa shape index (κ2) is 5.97. The van der Waals surface area contributed by atoms with E-state index in [2.05, 4.69) is 20.7 Å². The zero-order valence-electron chi connectivity index (χ0n) is 11.0. The summed E-state index contributed by atoms with van der Waals surface area (Å²) in [6, 6.07) is 0. The average molecular weight is 251 g/mol. The van der Waals surface area contributed by atoms with Crippen molar-refractivity contribution in [3.63, 3.8) is 0 Å². The number of nitrogen functional groups attached to an aromatic ring is 1. The fraction of sp³-hybridized carbons (Fsp3) is 0.667. The van der Waals surface area contributed by atoms with Gasteiger partial charge < -0.3 is 15.5 Å². The van der Waals surface area contributed by atoms with Crippen LogP contribution in [0.5, 0.6) is 0 Å². The van der Waals surface area contributed by atoms with Gasteiger partial charge >= 0.3 is 0 Å². The lowest BCUT2D eigenvalue weighted by molar-refractivity contribution is 0.134. The Morgan fingerprint density at radius 1 is 1.28 bits per heavy atom. The molecule has 1 aromatic heterocycles. The molecule has 0 saturated heterocycles. The highest BCUT2D eigenvalue weighted by atomic mass is 16.5. The number of hydrogen-bond donors (Lipinski definition) is 3. The highest BCUT2D eigenvalue weighted by Gasteiger charge is 2.20. The standard InChI is InChI=1S/C12H21N5O/c1-8-11(15-9(2)16-12(8)17-13)14-5-6-18-7-10-3-4-10/h10H,3-7,13H2,1-2H3,(H2,14,15,16,17). The number of anilines is 2. The first-order valence-corrected chi connectivity index (χ1v) is 6.34. The minimum absolute atomic E-state index is 0.656. The van der Waals surface area contributed by atoms with Crippen LogP contribution in [0.15, 0.2) is 0 Å². The normalized spacial score (nSPS) is 14.6. The van der Waals surface area contributed by atoms with Gasteiger partial charge in [0, 0.05) is 18.7 Å². The highest BCUT2D eigenvalue weighted by molar-refractivity contribution is 5.56. The van der Waals surface area contributed by atoms with Gasteiger partial charge in [-0.15, -0.1) is 0 Å². The molecule has 1 aliphatic rings. The molecule has 1 fully saturated rings. The van der Waals surface area contributed by atoms with Gasteiger partial charge in [-0.3, -0.25) is 0 Å². The van der Waals surface area contributed by atoms with Crippen LogP contribution in [0.25, 0.3) is 0 Å². The molecule has 0 amide bonds. The molecule has 0 radical (unpaired) electrons. The number of nitrogens with two attached hydrogens (primary N) is 1. The van der Waals surface area contributed by atoms with Crippen molar-refractivity contribution in [1.82, 2.24) is 9.97 Å². The Balaban J connectivity index is 1.81. The van der Waals surface area contributed by atoms with Gasteiger partial charge in [-0.25, -0.2) is 15.8 Å². The topological polar surface area (TPSA) is 85.1 Å². The van der Waals surface area contributed by atoms with Crippen LogP contribution in [0, 0.1) is 19.8 Å².